The Morgan fingerprint density at radius 1 is 1.29 bits per heavy atom. The average Bonchev–Trinajstić information content (AvgIpc) is 2.36. The van der Waals surface area contributed by atoms with E-state index in [4.69, 9.17) is 0 Å². The average molecular weight is 240 g/mol. The molecule has 94 valence electrons. The Hall–Kier alpha value is -2.03. The highest BCUT2D eigenvalue weighted by molar-refractivity contribution is 5.81. The second-order valence-corrected chi connectivity index (χ2v) is 2.83. The molecule has 0 aromatic carbocycles. The highest BCUT2D eigenvalue weighted by atomic mass is 16.7. The van der Waals surface area contributed by atoms with E-state index >= 15 is 0 Å². The van der Waals surface area contributed by atoms with Crippen LogP contribution in [0.25, 0.3) is 0 Å². The third kappa shape index (κ3) is 20.1. The quantitative estimate of drug-likeness (QED) is 0.170. The van der Waals surface area contributed by atoms with Gasteiger partial charge in [0.15, 0.2) is 0 Å². The van der Waals surface area contributed by atoms with Crippen molar-refractivity contribution < 1.29 is 19.2 Å². The summed E-state index contributed by atoms with van der Waals surface area (Å²) < 4.78 is 0. The van der Waals surface area contributed by atoms with Gasteiger partial charge in [-0.1, -0.05) is 32.8 Å². The lowest BCUT2D eigenvalue weighted by atomic mass is 10.2. The fourth-order valence-corrected chi connectivity index (χ4v) is 0.764. The summed E-state index contributed by atoms with van der Waals surface area (Å²) in [5, 5.41) is 2.52. The van der Waals surface area contributed by atoms with E-state index in [1.807, 2.05) is 0 Å². The van der Waals surface area contributed by atoms with Crippen LogP contribution in [0.15, 0.2) is 22.8 Å². The lowest BCUT2D eigenvalue weighted by molar-refractivity contribution is -0.137. The molecule has 0 bridgehead atoms. The van der Waals surface area contributed by atoms with Gasteiger partial charge >= 0.3 is 5.97 Å². The minimum atomic E-state index is -0.770. The second-order valence-electron chi connectivity index (χ2n) is 2.83. The minimum absolute atomic E-state index is 0.656. The van der Waals surface area contributed by atoms with Gasteiger partial charge in [-0.2, -0.15) is 0 Å². The molecule has 0 aromatic rings. The summed E-state index contributed by atoms with van der Waals surface area (Å²) in [6.45, 7) is 5.86. The molecule has 0 heterocycles. The molecule has 0 aliphatic heterocycles. The van der Waals surface area contributed by atoms with Gasteiger partial charge in [0.25, 0.3) is 6.08 Å². The molecule has 6 heteroatoms. The maximum atomic E-state index is 9.96. The molecule has 0 rings (SSSR count). The number of hydrogen-bond acceptors (Lipinski definition) is 6. The number of isocyanates is 2. The van der Waals surface area contributed by atoms with Crippen molar-refractivity contribution in [1.29, 1.82) is 0 Å². The zero-order valence-corrected chi connectivity index (χ0v) is 9.85. The van der Waals surface area contributed by atoms with Gasteiger partial charge in [-0.25, -0.2) is 19.4 Å². The molecule has 0 radical (unpaired) electrons. The molecule has 0 N–H and O–H groups in total. The van der Waals surface area contributed by atoms with E-state index in [9.17, 15) is 14.4 Å². The zero-order chi connectivity index (χ0) is 13.4. The Balaban J connectivity index is 0. The maximum Gasteiger partial charge on any atom is 0.359 e. The standard InChI is InChI=1S/C7H13NO.C4H3NO3/c1-2-3-4-5-6-8-7-9;1-2-4(7)8-5-3-6/h2-6H2,1H3;2H,1H2. The van der Waals surface area contributed by atoms with Crippen LogP contribution in [0.5, 0.6) is 0 Å². The highest BCUT2D eigenvalue weighted by Gasteiger charge is 1.88. The molecule has 0 spiro atoms. The normalized spacial score (nSPS) is 7.59. The molecule has 0 atom stereocenters. The number of aliphatic imine (C=N–C) groups is 1. The predicted octanol–water partition coefficient (Wildman–Crippen LogP) is 1.87. The summed E-state index contributed by atoms with van der Waals surface area (Å²) in [7, 11) is 0. The Bertz CT molecular complexity index is 303. The van der Waals surface area contributed by atoms with Gasteiger partial charge in [0.2, 0.25) is 6.08 Å². The van der Waals surface area contributed by atoms with Gasteiger partial charge in [0, 0.05) is 11.2 Å². The van der Waals surface area contributed by atoms with Crippen LogP contribution < -0.4 is 0 Å². The first-order valence-corrected chi connectivity index (χ1v) is 5.17. The Labute approximate surface area is 100 Å². The third-order valence-electron chi connectivity index (χ3n) is 1.53. The molecular formula is C11H16N2O4. The van der Waals surface area contributed by atoms with Gasteiger partial charge in [0.05, 0.1) is 6.54 Å². The van der Waals surface area contributed by atoms with Crippen molar-refractivity contribution in [2.24, 2.45) is 10.1 Å². The van der Waals surface area contributed by atoms with Crippen LogP contribution in [0.1, 0.15) is 32.6 Å². The van der Waals surface area contributed by atoms with Crippen molar-refractivity contribution in [1.82, 2.24) is 0 Å². The fraction of sp³-hybridized carbons (Fsp3) is 0.545. The van der Waals surface area contributed by atoms with Gasteiger partial charge < -0.3 is 4.84 Å². The lowest BCUT2D eigenvalue weighted by Crippen LogP contribution is -1.91. The van der Waals surface area contributed by atoms with Gasteiger partial charge in [-0.05, 0) is 6.42 Å². The van der Waals surface area contributed by atoms with Crippen LogP contribution in [0.2, 0.25) is 0 Å². The number of nitrogens with zero attached hydrogens (tertiary/aromatic N) is 2. The topological polar surface area (TPSA) is 85.2 Å². The predicted molar refractivity (Wildman–Crippen MR) is 61.5 cm³/mol. The summed E-state index contributed by atoms with van der Waals surface area (Å²) in [4.78, 5) is 35.9. The summed E-state index contributed by atoms with van der Waals surface area (Å²) in [5.74, 6) is -0.770. The van der Waals surface area contributed by atoms with Crippen LogP contribution in [0.4, 0.5) is 0 Å². The molecule has 0 aliphatic carbocycles. The van der Waals surface area contributed by atoms with Crippen molar-refractivity contribution in [2.45, 2.75) is 32.6 Å². The van der Waals surface area contributed by atoms with Crippen LogP contribution in [0, 0.1) is 0 Å². The zero-order valence-electron chi connectivity index (χ0n) is 9.85. The molecule has 0 unspecified atom stereocenters. The van der Waals surface area contributed by atoms with Gasteiger partial charge in [-0.15, -0.1) is 0 Å². The van der Waals surface area contributed by atoms with Crippen LogP contribution >= 0.6 is 0 Å². The summed E-state index contributed by atoms with van der Waals surface area (Å²) >= 11 is 0. The first kappa shape index (κ1) is 17.4. The molecule has 0 aliphatic rings. The van der Waals surface area contributed by atoms with Crippen molar-refractivity contribution in [3.8, 4) is 0 Å². The molecule has 0 fully saturated rings. The number of unbranched alkanes of at least 4 members (excludes halogenated alkanes) is 3. The molecule has 6 nitrogen and oxygen atoms in total. The SMILES string of the molecule is C=CC(=O)ON=C=O.CCCCCCN=C=O. The van der Waals surface area contributed by atoms with Crippen molar-refractivity contribution in [3.05, 3.63) is 12.7 Å². The maximum absolute atomic E-state index is 9.96. The summed E-state index contributed by atoms with van der Waals surface area (Å²) in [5.41, 5.74) is 0. The third-order valence-corrected chi connectivity index (χ3v) is 1.53. The molecule has 0 saturated carbocycles. The van der Waals surface area contributed by atoms with Crippen LogP contribution in [0.3, 0.4) is 0 Å². The monoisotopic (exact) mass is 240 g/mol. The molecule has 0 amide bonds. The Morgan fingerprint density at radius 2 is 2.00 bits per heavy atom. The van der Waals surface area contributed by atoms with Crippen molar-refractivity contribution in [3.63, 3.8) is 0 Å². The first-order valence-electron chi connectivity index (χ1n) is 5.17. The second kappa shape index (κ2) is 16.4. The number of carbonyl (C=O) groups is 1. The fourth-order valence-electron chi connectivity index (χ4n) is 0.764. The van der Waals surface area contributed by atoms with Gasteiger partial charge in [0.1, 0.15) is 0 Å². The minimum Gasteiger partial charge on any atom is -0.302 e. The molecule has 0 saturated heterocycles. The van der Waals surface area contributed by atoms with E-state index in [-0.39, 0.29) is 0 Å². The lowest BCUT2D eigenvalue weighted by Gasteiger charge is -1.90. The largest absolute Gasteiger partial charge is 0.359 e. The number of rotatable bonds is 7. The van der Waals surface area contributed by atoms with Gasteiger partial charge in [-0.3, -0.25) is 0 Å². The molecule has 0 aromatic heterocycles. The number of carbonyl (C=O) groups excluding carboxylic acids is 3. The van der Waals surface area contributed by atoms with Crippen LogP contribution in [-0.2, 0) is 19.2 Å². The van der Waals surface area contributed by atoms with E-state index in [0.717, 1.165) is 18.6 Å². The Morgan fingerprint density at radius 3 is 2.47 bits per heavy atom. The number of hydrogen-bond donors (Lipinski definition) is 0. The Kier molecular flexibility index (Phi) is 16.8. The van der Waals surface area contributed by atoms with Crippen LogP contribution in [-0.4, -0.2) is 24.7 Å². The van der Waals surface area contributed by atoms with Crippen molar-refractivity contribution in [2.75, 3.05) is 6.54 Å². The van der Waals surface area contributed by atoms with E-state index in [0.29, 0.717) is 6.54 Å². The van der Waals surface area contributed by atoms with Crippen molar-refractivity contribution >= 4 is 18.1 Å². The smallest absolute Gasteiger partial charge is 0.302 e. The highest BCUT2D eigenvalue weighted by Crippen LogP contribution is 1.97. The molecule has 17 heavy (non-hydrogen) atoms. The first-order chi connectivity index (χ1) is 8.22. The summed E-state index contributed by atoms with van der Waals surface area (Å²) in [6, 6.07) is 0. The summed E-state index contributed by atoms with van der Waals surface area (Å²) in [6.07, 6.45) is 8.11. The van der Waals surface area contributed by atoms with E-state index in [1.54, 1.807) is 0 Å². The molecular weight excluding hydrogens is 224 g/mol. The van der Waals surface area contributed by atoms with E-state index < -0.39 is 5.97 Å². The van der Waals surface area contributed by atoms with E-state index in [2.05, 4.69) is 28.5 Å². The van der Waals surface area contributed by atoms with E-state index in [1.165, 1.54) is 25.3 Å².